The molecule has 0 spiro atoms. The molecule has 76 valence electrons. The normalized spacial score (nSPS) is 10.1. The Hall–Kier alpha value is -1.85. The first-order chi connectivity index (χ1) is 6.54. The summed E-state index contributed by atoms with van der Waals surface area (Å²) in [5.41, 5.74) is 5.82. The van der Waals surface area contributed by atoms with Crippen LogP contribution in [0.15, 0.2) is 4.79 Å². The highest BCUT2D eigenvalue weighted by atomic mass is 16.4. The number of nitrogens with two attached hydrogens (primary N) is 1. The largest absolute Gasteiger partial charge is 0.481 e. The third-order valence-corrected chi connectivity index (χ3v) is 1.83. The lowest BCUT2D eigenvalue weighted by molar-refractivity contribution is -0.136. The summed E-state index contributed by atoms with van der Waals surface area (Å²) in [4.78, 5) is 27.3. The third-order valence-electron chi connectivity index (χ3n) is 1.83. The molecule has 0 saturated heterocycles. The van der Waals surface area contributed by atoms with Crippen molar-refractivity contribution in [2.45, 2.75) is 19.8 Å². The van der Waals surface area contributed by atoms with Gasteiger partial charge in [0.1, 0.15) is 5.82 Å². The number of rotatable bonds is 3. The van der Waals surface area contributed by atoms with Crippen molar-refractivity contribution in [2.75, 3.05) is 5.73 Å². The maximum absolute atomic E-state index is 10.9. The van der Waals surface area contributed by atoms with Crippen molar-refractivity contribution in [3.05, 3.63) is 21.7 Å². The SMILES string of the molecule is CCc1[nH]c(=O)nc(N)c1CC(=O)O. The van der Waals surface area contributed by atoms with E-state index in [1.807, 2.05) is 0 Å². The standard InChI is InChI=1S/C8H11N3O3/c1-2-5-4(3-6(12)13)7(9)11-8(14)10-5/h2-3H2,1H3,(H,12,13)(H3,9,10,11,14). The zero-order valence-electron chi connectivity index (χ0n) is 7.70. The van der Waals surface area contributed by atoms with E-state index < -0.39 is 11.7 Å². The monoisotopic (exact) mass is 197 g/mol. The van der Waals surface area contributed by atoms with Crippen molar-refractivity contribution >= 4 is 11.8 Å². The summed E-state index contributed by atoms with van der Waals surface area (Å²) >= 11 is 0. The van der Waals surface area contributed by atoms with Gasteiger partial charge < -0.3 is 15.8 Å². The van der Waals surface area contributed by atoms with Gasteiger partial charge in [0.2, 0.25) is 0 Å². The van der Waals surface area contributed by atoms with Crippen molar-refractivity contribution < 1.29 is 9.90 Å². The fourth-order valence-electron chi connectivity index (χ4n) is 1.21. The topological polar surface area (TPSA) is 109 Å². The minimum Gasteiger partial charge on any atom is -0.481 e. The van der Waals surface area contributed by atoms with Gasteiger partial charge in [-0.25, -0.2) is 4.79 Å². The second kappa shape index (κ2) is 3.91. The van der Waals surface area contributed by atoms with Crippen molar-refractivity contribution in [1.82, 2.24) is 9.97 Å². The van der Waals surface area contributed by atoms with Gasteiger partial charge in [-0.15, -0.1) is 0 Å². The minimum absolute atomic E-state index is 0.00648. The maximum Gasteiger partial charge on any atom is 0.347 e. The number of H-pyrrole nitrogens is 1. The number of carboxylic acids is 1. The lowest BCUT2D eigenvalue weighted by atomic mass is 10.1. The molecule has 6 heteroatoms. The zero-order valence-corrected chi connectivity index (χ0v) is 7.70. The van der Waals surface area contributed by atoms with Crippen molar-refractivity contribution in [1.29, 1.82) is 0 Å². The van der Waals surface area contributed by atoms with Gasteiger partial charge in [0.25, 0.3) is 0 Å². The number of aryl methyl sites for hydroxylation is 1. The summed E-state index contributed by atoms with van der Waals surface area (Å²) in [7, 11) is 0. The van der Waals surface area contributed by atoms with Crippen LogP contribution in [0, 0.1) is 0 Å². The molecule has 0 saturated carbocycles. The molecule has 0 atom stereocenters. The summed E-state index contributed by atoms with van der Waals surface area (Å²) < 4.78 is 0. The van der Waals surface area contributed by atoms with E-state index in [2.05, 4.69) is 9.97 Å². The number of carboxylic acid groups (broad SMARTS) is 1. The van der Waals surface area contributed by atoms with Gasteiger partial charge in [-0.1, -0.05) is 6.92 Å². The highest BCUT2D eigenvalue weighted by Gasteiger charge is 2.11. The van der Waals surface area contributed by atoms with Gasteiger partial charge in [-0.3, -0.25) is 4.79 Å². The number of hydrogen-bond acceptors (Lipinski definition) is 4. The number of aliphatic carboxylic acids is 1. The number of anilines is 1. The van der Waals surface area contributed by atoms with Gasteiger partial charge in [-0.05, 0) is 6.42 Å². The van der Waals surface area contributed by atoms with Crippen molar-refractivity contribution in [2.24, 2.45) is 0 Å². The summed E-state index contributed by atoms with van der Waals surface area (Å²) in [5, 5.41) is 8.61. The molecule has 0 aliphatic carbocycles. The molecule has 0 aromatic carbocycles. The second-order valence-corrected chi connectivity index (χ2v) is 2.81. The second-order valence-electron chi connectivity index (χ2n) is 2.81. The minimum atomic E-state index is -1.000. The van der Waals surface area contributed by atoms with E-state index in [1.54, 1.807) is 6.92 Å². The van der Waals surface area contributed by atoms with Crippen LogP contribution in [0.1, 0.15) is 18.2 Å². The predicted octanol–water partition coefficient (Wildman–Crippen LogP) is -0.458. The van der Waals surface area contributed by atoms with Gasteiger partial charge in [0.05, 0.1) is 6.42 Å². The van der Waals surface area contributed by atoms with Crippen LogP contribution >= 0.6 is 0 Å². The molecule has 0 aliphatic heterocycles. The Morgan fingerprint density at radius 3 is 2.79 bits per heavy atom. The Kier molecular flexibility index (Phi) is 2.85. The van der Waals surface area contributed by atoms with E-state index >= 15 is 0 Å². The summed E-state index contributed by atoms with van der Waals surface area (Å²) in [5.74, 6) is -1.01. The Balaban J connectivity index is 3.25. The number of hydrogen-bond donors (Lipinski definition) is 3. The highest BCUT2D eigenvalue weighted by molar-refractivity contribution is 5.72. The van der Waals surface area contributed by atoms with Gasteiger partial charge in [0, 0.05) is 11.3 Å². The average molecular weight is 197 g/mol. The third kappa shape index (κ3) is 2.09. The highest BCUT2D eigenvalue weighted by Crippen LogP contribution is 2.11. The molecule has 0 fully saturated rings. The molecule has 1 aromatic heterocycles. The summed E-state index contributed by atoms with van der Waals surface area (Å²) in [6, 6.07) is 0. The van der Waals surface area contributed by atoms with E-state index in [9.17, 15) is 9.59 Å². The molecule has 0 amide bonds. The van der Waals surface area contributed by atoms with Crippen LogP contribution < -0.4 is 11.4 Å². The molecular weight excluding hydrogens is 186 g/mol. The Morgan fingerprint density at radius 2 is 2.29 bits per heavy atom. The summed E-state index contributed by atoms with van der Waals surface area (Å²) in [6.45, 7) is 1.80. The lowest BCUT2D eigenvalue weighted by Crippen LogP contribution is -2.19. The van der Waals surface area contributed by atoms with Gasteiger partial charge >= 0.3 is 11.7 Å². The number of nitrogens with one attached hydrogen (secondary N) is 1. The fraction of sp³-hybridized carbons (Fsp3) is 0.375. The lowest BCUT2D eigenvalue weighted by Gasteiger charge is -2.06. The first kappa shape index (κ1) is 10.2. The van der Waals surface area contributed by atoms with E-state index in [0.29, 0.717) is 17.7 Å². The van der Waals surface area contributed by atoms with Crippen molar-refractivity contribution in [3.63, 3.8) is 0 Å². The molecule has 14 heavy (non-hydrogen) atoms. The van der Waals surface area contributed by atoms with Crippen LogP contribution in [-0.4, -0.2) is 21.0 Å². The van der Waals surface area contributed by atoms with E-state index in [4.69, 9.17) is 10.8 Å². The Morgan fingerprint density at radius 1 is 1.64 bits per heavy atom. The molecule has 0 radical (unpaired) electrons. The number of nitrogens with zero attached hydrogens (tertiary/aromatic N) is 1. The molecule has 0 aliphatic rings. The van der Waals surface area contributed by atoms with Crippen LogP contribution in [0.2, 0.25) is 0 Å². The first-order valence-electron chi connectivity index (χ1n) is 4.14. The number of aromatic nitrogens is 2. The molecule has 1 rings (SSSR count). The zero-order chi connectivity index (χ0) is 10.7. The Labute approximate surface area is 79.8 Å². The fourth-order valence-corrected chi connectivity index (χ4v) is 1.21. The number of nitrogen functional groups attached to an aromatic ring is 1. The number of aromatic amines is 1. The molecule has 1 aromatic rings. The molecule has 4 N–H and O–H groups in total. The molecular formula is C8H11N3O3. The molecule has 0 unspecified atom stereocenters. The van der Waals surface area contributed by atoms with E-state index in [1.165, 1.54) is 0 Å². The molecule has 6 nitrogen and oxygen atoms in total. The first-order valence-corrected chi connectivity index (χ1v) is 4.14. The van der Waals surface area contributed by atoms with Crippen molar-refractivity contribution in [3.8, 4) is 0 Å². The molecule has 0 bridgehead atoms. The molecule has 1 heterocycles. The van der Waals surface area contributed by atoms with E-state index in [0.717, 1.165) is 0 Å². The number of carbonyl (C=O) groups is 1. The van der Waals surface area contributed by atoms with Crippen LogP contribution in [0.5, 0.6) is 0 Å². The predicted molar refractivity (Wildman–Crippen MR) is 50.0 cm³/mol. The van der Waals surface area contributed by atoms with Crippen LogP contribution in [0.3, 0.4) is 0 Å². The maximum atomic E-state index is 10.9. The quantitative estimate of drug-likeness (QED) is 0.607. The van der Waals surface area contributed by atoms with Crippen LogP contribution in [0.25, 0.3) is 0 Å². The average Bonchev–Trinajstić information content (AvgIpc) is 2.08. The van der Waals surface area contributed by atoms with Crippen LogP contribution in [-0.2, 0) is 17.6 Å². The van der Waals surface area contributed by atoms with Crippen LogP contribution in [0.4, 0.5) is 5.82 Å². The van der Waals surface area contributed by atoms with Gasteiger partial charge in [-0.2, -0.15) is 4.98 Å². The van der Waals surface area contributed by atoms with E-state index in [-0.39, 0.29) is 12.2 Å². The van der Waals surface area contributed by atoms with Gasteiger partial charge in [0.15, 0.2) is 0 Å². The smallest absolute Gasteiger partial charge is 0.347 e. The summed E-state index contributed by atoms with van der Waals surface area (Å²) in [6.07, 6.45) is 0.295. The Bertz CT molecular complexity index is 411.